The molecule has 5 aliphatic rings. The number of rotatable bonds is 12. The van der Waals surface area contributed by atoms with E-state index >= 15 is 0 Å². The number of likely N-dealkylation sites (tertiary alicyclic amines) is 2. The molecule has 1 aromatic carbocycles. The molecule has 0 spiro atoms. The molecular weight excluding hydrogens is 942 g/mol. The van der Waals surface area contributed by atoms with Gasteiger partial charge in [0, 0.05) is 88.6 Å². The summed E-state index contributed by atoms with van der Waals surface area (Å²) in [5, 5.41) is 37.0. The number of carboxylic acid groups (broad SMARTS) is 1. The van der Waals surface area contributed by atoms with Gasteiger partial charge >= 0.3 is 12.1 Å². The number of nitrogens with one attached hydrogen (secondary N) is 1. The molecule has 0 bridgehead atoms. The number of amides is 2. The lowest BCUT2D eigenvalue weighted by molar-refractivity contribution is -0.293. The number of piperidine rings is 2. The first-order valence-electron chi connectivity index (χ1n) is 25.0. The van der Waals surface area contributed by atoms with Gasteiger partial charge in [-0.2, -0.15) is 13.2 Å². The van der Waals surface area contributed by atoms with Crippen LogP contribution in [0.4, 0.5) is 13.2 Å². The second-order valence-corrected chi connectivity index (χ2v) is 20.8. The first kappa shape index (κ1) is 53.4. The van der Waals surface area contributed by atoms with E-state index in [0.29, 0.717) is 87.2 Å². The molecule has 7 heterocycles. The van der Waals surface area contributed by atoms with Gasteiger partial charge in [-0.3, -0.25) is 24.3 Å². The standard InChI is InChI=1S/C50H69F3N10O9/c1-29-24-61(21-16-54-29)48(6)12-19-60(20-13-48)45(67)38-33(5)57-28-58-43(38)71-41-39(64)42(46(68)69)72-47(40(41)65)70-26-36(34-8-10-35(11-9-34)50(51,52)53)63-23-22-62(25-30(63)2)49(7)14-17-59(18-15-49)44(66)37-31(3)55-27-56-32(37)4/h8-11,27-30,36,39-42,47,54,64-65H,12-26H2,1-7H3,(H,68,69)/t29-,30-,36-,39?,40?,41?,42?,47?/m0/s1. The minimum atomic E-state index is -4.58. The number of carbonyl (C=O) groups is 3. The lowest BCUT2D eigenvalue weighted by atomic mass is 9.86. The quantitative estimate of drug-likeness (QED) is 0.205. The minimum absolute atomic E-state index is 0.00276. The molecule has 19 nitrogen and oxygen atoms in total. The third-order valence-corrected chi connectivity index (χ3v) is 16.0. The predicted molar refractivity (Wildman–Crippen MR) is 255 cm³/mol. The van der Waals surface area contributed by atoms with Gasteiger partial charge in [0.15, 0.2) is 18.5 Å². The Hall–Kier alpha value is -4.94. The summed E-state index contributed by atoms with van der Waals surface area (Å²) in [6, 6.07) is 4.20. The van der Waals surface area contributed by atoms with Crippen LogP contribution < -0.4 is 10.1 Å². The fourth-order valence-electron chi connectivity index (χ4n) is 11.3. The number of aryl methyl sites for hydroxylation is 3. The summed E-state index contributed by atoms with van der Waals surface area (Å²) in [6.45, 7) is 19.7. The van der Waals surface area contributed by atoms with E-state index < -0.39 is 60.4 Å². The van der Waals surface area contributed by atoms with E-state index in [-0.39, 0.29) is 46.8 Å². The van der Waals surface area contributed by atoms with Crippen molar-refractivity contribution in [1.82, 2.24) is 49.8 Å². The number of piperazine rings is 2. The normalized spacial score (nSPS) is 28.1. The molecule has 2 amide bonds. The lowest BCUT2D eigenvalue weighted by Gasteiger charge is -2.53. The van der Waals surface area contributed by atoms with Crippen LogP contribution in [0.3, 0.4) is 0 Å². The fourth-order valence-corrected chi connectivity index (χ4v) is 11.3. The van der Waals surface area contributed by atoms with E-state index in [9.17, 15) is 42.9 Å². The number of hydrogen-bond acceptors (Lipinski definition) is 16. The van der Waals surface area contributed by atoms with Crippen LogP contribution in [0, 0.1) is 20.8 Å². The predicted octanol–water partition coefficient (Wildman–Crippen LogP) is 3.24. The highest BCUT2D eigenvalue weighted by Crippen LogP contribution is 2.38. The largest absolute Gasteiger partial charge is 0.479 e. The summed E-state index contributed by atoms with van der Waals surface area (Å²) in [7, 11) is 0. The molecule has 4 N–H and O–H groups in total. The zero-order valence-corrected chi connectivity index (χ0v) is 42.1. The SMILES string of the molecule is Cc1ncnc(C)c1C(=O)N1CCC(C)(N2CCN([C@@H](COC3OC(C(=O)O)C(O)C(Oc4ncnc(C)c4C(=O)N4CCC(C)(N5CCN[C@@H](C)C5)CC4)C3O)c3ccc(C(F)(F)F)cc3)[C@@H](C)C2)CC1. The molecule has 8 atom stereocenters. The highest BCUT2D eigenvalue weighted by atomic mass is 19.4. The molecule has 0 radical (unpaired) electrons. The summed E-state index contributed by atoms with van der Waals surface area (Å²) in [5.41, 5.74) is 1.33. The Morgan fingerprint density at radius 3 is 1.86 bits per heavy atom. The highest BCUT2D eigenvalue weighted by molar-refractivity contribution is 5.97. The lowest BCUT2D eigenvalue weighted by Crippen LogP contribution is -2.63. The fraction of sp³-hybridized carbons (Fsp3) is 0.660. The maximum absolute atomic E-state index is 14.3. The van der Waals surface area contributed by atoms with Gasteiger partial charge in [0.05, 0.1) is 40.9 Å². The second kappa shape index (κ2) is 21.5. The number of hydrogen-bond donors (Lipinski definition) is 4. The summed E-state index contributed by atoms with van der Waals surface area (Å²) in [4.78, 5) is 68.0. The molecule has 3 aromatic rings. The molecule has 22 heteroatoms. The van der Waals surface area contributed by atoms with E-state index in [1.54, 1.807) is 25.7 Å². The van der Waals surface area contributed by atoms with Gasteiger partial charge in [0.1, 0.15) is 30.4 Å². The Kier molecular flexibility index (Phi) is 15.9. The van der Waals surface area contributed by atoms with Crippen molar-refractivity contribution in [2.75, 3.05) is 72.1 Å². The van der Waals surface area contributed by atoms with Crippen LogP contribution in [0.5, 0.6) is 5.88 Å². The summed E-state index contributed by atoms with van der Waals surface area (Å²) in [5.74, 6) is -2.35. The highest BCUT2D eigenvalue weighted by Gasteiger charge is 2.51. The Balaban J connectivity index is 0.973. The van der Waals surface area contributed by atoms with Gasteiger partial charge in [-0.1, -0.05) is 12.1 Å². The monoisotopic (exact) mass is 1010 g/mol. The second-order valence-electron chi connectivity index (χ2n) is 20.8. The maximum Gasteiger partial charge on any atom is 0.416 e. The van der Waals surface area contributed by atoms with Gasteiger partial charge in [0.25, 0.3) is 11.8 Å². The van der Waals surface area contributed by atoms with E-state index in [1.807, 2.05) is 11.8 Å². The van der Waals surface area contributed by atoms with E-state index in [1.165, 1.54) is 24.8 Å². The first-order chi connectivity index (χ1) is 34.1. The Labute approximate surface area is 418 Å². The summed E-state index contributed by atoms with van der Waals surface area (Å²) < 4.78 is 59.6. The molecule has 72 heavy (non-hydrogen) atoms. The van der Waals surface area contributed by atoms with Crippen molar-refractivity contribution in [3.63, 3.8) is 0 Å². The van der Waals surface area contributed by atoms with Crippen molar-refractivity contribution in [3.8, 4) is 5.88 Å². The smallest absolute Gasteiger partial charge is 0.416 e. The van der Waals surface area contributed by atoms with E-state index in [4.69, 9.17) is 14.2 Å². The van der Waals surface area contributed by atoms with Gasteiger partial charge in [-0.25, -0.2) is 24.7 Å². The average molecular weight is 1010 g/mol. The molecule has 394 valence electrons. The summed E-state index contributed by atoms with van der Waals surface area (Å²) >= 11 is 0. The van der Waals surface area contributed by atoms with E-state index in [0.717, 1.165) is 44.6 Å². The third kappa shape index (κ3) is 11.1. The van der Waals surface area contributed by atoms with Gasteiger partial charge in [0.2, 0.25) is 5.88 Å². The molecule has 2 aromatic heterocycles. The number of halogens is 3. The summed E-state index contributed by atoms with van der Waals surface area (Å²) in [6.07, 6.45) is -8.31. The van der Waals surface area contributed by atoms with Crippen molar-refractivity contribution in [2.24, 2.45) is 0 Å². The van der Waals surface area contributed by atoms with Crippen LogP contribution in [-0.4, -0.2) is 203 Å². The molecular formula is C50H69F3N10O9. The minimum Gasteiger partial charge on any atom is -0.479 e. The van der Waals surface area contributed by atoms with E-state index in [2.05, 4.69) is 60.7 Å². The molecule has 8 rings (SSSR count). The maximum atomic E-state index is 14.3. The number of benzene rings is 1. The van der Waals surface area contributed by atoms with Crippen LogP contribution in [0.25, 0.3) is 0 Å². The molecule has 0 saturated carbocycles. The number of ether oxygens (including phenoxy) is 3. The number of carboxylic acids is 1. The molecule has 5 saturated heterocycles. The Bertz CT molecular complexity index is 2400. The molecule has 5 unspecified atom stereocenters. The first-order valence-corrected chi connectivity index (χ1v) is 25.0. The van der Waals surface area contributed by atoms with Crippen LogP contribution in [0.15, 0.2) is 36.9 Å². The molecule has 5 fully saturated rings. The van der Waals surface area contributed by atoms with Crippen molar-refractivity contribution in [3.05, 3.63) is 76.3 Å². The van der Waals surface area contributed by atoms with Crippen molar-refractivity contribution in [2.45, 2.75) is 140 Å². The Morgan fingerprint density at radius 1 is 0.778 bits per heavy atom. The van der Waals surface area contributed by atoms with Crippen molar-refractivity contribution in [1.29, 1.82) is 0 Å². The number of aliphatic hydroxyl groups is 2. The zero-order valence-electron chi connectivity index (χ0n) is 42.1. The van der Waals surface area contributed by atoms with Gasteiger partial charge < -0.3 is 44.6 Å². The number of aromatic nitrogens is 4. The van der Waals surface area contributed by atoms with Crippen LogP contribution in [0.1, 0.15) is 108 Å². The van der Waals surface area contributed by atoms with Crippen molar-refractivity contribution >= 4 is 17.8 Å². The number of carbonyl (C=O) groups excluding carboxylic acids is 2. The number of alkyl halides is 3. The van der Waals surface area contributed by atoms with Gasteiger partial charge in [-0.05, 0) is 91.8 Å². The molecule has 0 aliphatic carbocycles. The van der Waals surface area contributed by atoms with Crippen LogP contribution >= 0.6 is 0 Å². The number of aliphatic hydroxyl groups excluding tert-OH is 2. The van der Waals surface area contributed by atoms with Crippen LogP contribution in [-0.2, 0) is 20.4 Å². The molecule has 5 aliphatic heterocycles. The topological polar surface area (TPSA) is 219 Å². The van der Waals surface area contributed by atoms with Crippen LogP contribution in [0.2, 0.25) is 0 Å². The van der Waals surface area contributed by atoms with Crippen molar-refractivity contribution < 1.29 is 57.1 Å². The average Bonchev–Trinajstić information content (AvgIpc) is 3.34. The third-order valence-electron chi connectivity index (χ3n) is 16.0. The van der Waals surface area contributed by atoms with Gasteiger partial charge in [-0.15, -0.1) is 0 Å². The number of aliphatic carboxylic acids is 1. The Morgan fingerprint density at radius 2 is 1.32 bits per heavy atom. The number of nitrogens with zero attached hydrogens (tertiary/aromatic N) is 9. The zero-order chi connectivity index (χ0) is 51.9.